The molecule has 1 N–H and O–H groups in total. The third-order valence-electron chi connectivity index (χ3n) is 2.66. The Morgan fingerprint density at radius 2 is 2.21 bits per heavy atom. The number of nitrogens with one attached hydrogen (secondary N) is 1. The van der Waals surface area contributed by atoms with E-state index in [2.05, 4.69) is 20.3 Å². The second-order valence-electron chi connectivity index (χ2n) is 4.44. The predicted molar refractivity (Wildman–Crippen MR) is 92.8 cm³/mol. The standard InChI is InChI=1S/C14H14ClN3O4S2/c1-8(22-10-5-3-4-9(15)6-10)12(20)16-13-17-18-14(24-13)23-7-11(19)21-2/h3-6,8H,7H2,1-2H3,(H,16,17,20)/t8-/m0/s1. The normalized spacial score (nSPS) is 11.6. The second kappa shape index (κ2) is 8.86. The minimum absolute atomic E-state index is 0.132. The van der Waals surface area contributed by atoms with Crippen molar-refractivity contribution in [3.63, 3.8) is 0 Å². The van der Waals surface area contributed by atoms with Crippen LogP contribution in [0.2, 0.25) is 5.02 Å². The number of anilines is 1. The molecule has 24 heavy (non-hydrogen) atoms. The smallest absolute Gasteiger partial charge is 0.316 e. The fourth-order valence-corrected chi connectivity index (χ4v) is 3.27. The molecule has 7 nitrogen and oxygen atoms in total. The van der Waals surface area contributed by atoms with Crippen LogP contribution < -0.4 is 10.1 Å². The Labute approximate surface area is 151 Å². The minimum Gasteiger partial charge on any atom is -0.481 e. The van der Waals surface area contributed by atoms with Gasteiger partial charge in [-0.1, -0.05) is 40.8 Å². The maximum absolute atomic E-state index is 12.1. The van der Waals surface area contributed by atoms with Gasteiger partial charge in [0.2, 0.25) is 5.13 Å². The lowest BCUT2D eigenvalue weighted by Crippen LogP contribution is -2.30. The molecule has 0 saturated carbocycles. The topological polar surface area (TPSA) is 90.4 Å². The largest absolute Gasteiger partial charge is 0.481 e. The minimum atomic E-state index is -0.737. The number of ether oxygens (including phenoxy) is 2. The molecule has 2 rings (SSSR count). The van der Waals surface area contributed by atoms with Crippen molar-refractivity contribution in [2.75, 3.05) is 18.2 Å². The molecule has 0 aliphatic rings. The summed E-state index contributed by atoms with van der Waals surface area (Å²) >= 11 is 8.22. The number of rotatable bonds is 7. The number of hydrogen-bond donors (Lipinski definition) is 1. The van der Waals surface area contributed by atoms with Crippen LogP contribution in [0.15, 0.2) is 28.6 Å². The number of methoxy groups -OCH3 is 1. The van der Waals surface area contributed by atoms with Crippen LogP contribution in [0.5, 0.6) is 5.75 Å². The van der Waals surface area contributed by atoms with E-state index in [1.54, 1.807) is 31.2 Å². The first-order valence-electron chi connectivity index (χ1n) is 6.74. The monoisotopic (exact) mass is 387 g/mol. The fourth-order valence-electron chi connectivity index (χ4n) is 1.50. The summed E-state index contributed by atoms with van der Waals surface area (Å²) in [5, 5.41) is 11.2. The molecule has 0 fully saturated rings. The summed E-state index contributed by atoms with van der Waals surface area (Å²) in [5.41, 5.74) is 0. The SMILES string of the molecule is COC(=O)CSc1nnc(NC(=O)[C@H](C)Oc2cccc(Cl)c2)s1. The predicted octanol–water partition coefficient (Wildman–Crippen LogP) is 2.86. The Hall–Kier alpha value is -1.84. The van der Waals surface area contributed by atoms with Gasteiger partial charge >= 0.3 is 5.97 Å². The zero-order valence-electron chi connectivity index (χ0n) is 12.8. The Kier molecular flexibility index (Phi) is 6.83. The highest BCUT2D eigenvalue weighted by atomic mass is 35.5. The van der Waals surface area contributed by atoms with E-state index >= 15 is 0 Å². The Morgan fingerprint density at radius 3 is 2.92 bits per heavy atom. The van der Waals surface area contributed by atoms with E-state index in [9.17, 15) is 9.59 Å². The van der Waals surface area contributed by atoms with E-state index < -0.39 is 6.10 Å². The second-order valence-corrected chi connectivity index (χ2v) is 7.08. The molecule has 0 spiro atoms. The summed E-state index contributed by atoms with van der Waals surface area (Å²) in [6.45, 7) is 1.62. The first-order chi connectivity index (χ1) is 11.5. The Bertz CT molecular complexity index is 726. The van der Waals surface area contributed by atoms with Gasteiger partial charge in [0.25, 0.3) is 5.91 Å². The number of nitrogens with zero attached hydrogens (tertiary/aromatic N) is 2. The quantitative estimate of drug-likeness (QED) is 0.443. The first-order valence-corrected chi connectivity index (χ1v) is 8.92. The van der Waals surface area contributed by atoms with Crippen LogP contribution in [0.4, 0.5) is 5.13 Å². The number of carbonyl (C=O) groups is 2. The molecule has 0 radical (unpaired) electrons. The molecule has 0 saturated heterocycles. The van der Waals surface area contributed by atoms with Crippen LogP contribution in [-0.4, -0.2) is 41.0 Å². The van der Waals surface area contributed by atoms with Gasteiger partial charge < -0.3 is 9.47 Å². The molecule has 0 aliphatic heterocycles. The van der Waals surface area contributed by atoms with Crippen molar-refractivity contribution in [2.45, 2.75) is 17.4 Å². The number of halogens is 1. The van der Waals surface area contributed by atoms with Crippen molar-refractivity contribution in [3.05, 3.63) is 29.3 Å². The molecule has 1 aromatic heterocycles. The Balaban J connectivity index is 1.87. The van der Waals surface area contributed by atoms with Crippen LogP contribution >= 0.6 is 34.7 Å². The van der Waals surface area contributed by atoms with E-state index in [0.29, 0.717) is 20.2 Å². The zero-order valence-corrected chi connectivity index (χ0v) is 15.2. The maximum atomic E-state index is 12.1. The van der Waals surface area contributed by atoms with Crippen molar-refractivity contribution < 1.29 is 19.1 Å². The summed E-state index contributed by atoms with van der Waals surface area (Å²) in [6.07, 6.45) is -0.737. The molecule has 0 unspecified atom stereocenters. The number of hydrogen-bond acceptors (Lipinski definition) is 8. The third kappa shape index (κ3) is 5.66. The number of carbonyl (C=O) groups excluding carboxylic acids is 2. The van der Waals surface area contributed by atoms with Gasteiger partial charge in [0.05, 0.1) is 12.9 Å². The van der Waals surface area contributed by atoms with Crippen molar-refractivity contribution in [1.29, 1.82) is 0 Å². The van der Waals surface area contributed by atoms with Gasteiger partial charge in [-0.2, -0.15) is 0 Å². The lowest BCUT2D eigenvalue weighted by Gasteiger charge is -2.13. The number of benzene rings is 1. The summed E-state index contributed by atoms with van der Waals surface area (Å²) < 4.78 is 10.6. The van der Waals surface area contributed by atoms with Gasteiger partial charge in [-0.3, -0.25) is 14.9 Å². The molecular formula is C14H14ClN3O4S2. The maximum Gasteiger partial charge on any atom is 0.316 e. The van der Waals surface area contributed by atoms with Crippen LogP contribution in [0.3, 0.4) is 0 Å². The molecule has 0 aliphatic carbocycles. The lowest BCUT2D eigenvalue weighted by molar-refractivity contribution is -0.137. The van der Waals surface area contributed by atoms with E-state index in [1.165, 1.54) is 18.9 Å². The number of thioether (sulfide) groups is 1. The lowest BCUT2D eigenvalue weighted by atomic mass is 10.3. The van der Waals surface area contributed by atoms with E-state index in [-0.39, 0.29) is 17.6 Å². The average molecular weight is 388 g/mol. The van der Waals surface area contributed by atoms with Crippen molar-refractivity contribution >= 4 is 51.7 Å². The molecule has 1 amide bonds. The summed E-state index contributed by atoms with van der Waals surface area (Å²) in [7, 11) is 1.32. The van der Waals surface area contributed by atoms with Crippen LogP contribution in [-0.2, 0) is 14.3 Å². The zero-order chi connectivity index (χ0) is 17.5. The summed E-state index contributed by atoms with van der Waals surface area (Å²) in [6, 6.07) is 6.78. The third-order valence-corrected chi connectivity index (χ3v) is 4.84. The van der Waals surface area contributed by atoms with Crippen molar-refractivity contribution in [3.8, 4) is 5.75 Å². The van der Waals surface area contributed by atoms with Crippen molar-refractivity contribution in [1.82, 2.24) is 10.2 Å². The highest BCUT2D eigenvalue weighted by Crippen LogP contribution is 2.26. The molecule has 0 bridgehead atoms. The molecule has 1 atom stereocenters. The van der Waals surface area contributed by atoms with Crippen LogP contribution in [0.1, 0.15) is 6.92 Å². The van der Waals surface area contributed by atoms with E-state index in [4.69, 9.17) is 16.3 Å². The number of esters is 1. The van der Waals surface area contributed by atoms with Gasteiger partial charge in [0, 0.05) is 5.02 Å². The molecular weight excluding hydrogens is 374 g/mol. The molecule has 10 heteroatoms. The highest BCUT2D eigenvalue weighted by Gasteiger charge is 2.17. The molecule has 128 valence electrons. The average Bonchev–Trinajstić information content (AvgIpc) is 3.00. The first kappa shape index (κ1) is 18.5. The van der Waals surface area contributed by atoms with Gasteiger partial charge in [-0.15, -0.1) is 10.2 Å². The fraction of sp³-hybridized carbons (Fsp3) is 0.286. The number of aromatic nitrogens is 2. The highest BCUT2D eigenvalue weighted by molar-refractivity contribution is 8.01. The van der Waals surface area contributed by atoms with Gasteiger partial charge in [-0.05, 0) is 25.1 Å². The van der Waals surface area contributed by atoms with Gasteiger partial charge in [0.1, 0.15) is 5.75 Å². The molecule has 2 aromatic rings. The van der Waals surface area contributed by atoms with Crippen molar-refractivity contribution in [2.24, 2.45) is 0 Å². The number of amides is 1. The molecule has 1 aromatic carbocycles. The van der Waals surface area contributed by atoms with Crippen LogP contribution in [0.25, 0.3) is 0 Å². The summed E-state index contributed by atoms with van der Waals surface area (Å²) in [4.78, 5) is 23.2. The summed E-state index contributed by atoms with van der Waals surface area (Å²) in [5.74, 6) is -0.0930. The molecule has 1 heterocycles. The van der Waals surface area contributed by atoms with E-state index in [1.807, 2.05) is 0 Å². The van der Waals surface area contributed by atoms with E-state index in [0.717, 1.165) is 11.3 Å². The Morgan fingerprint density at radius 1 is 1.42 bits per heavy atom. The van der Waals surface area contributed by atoms with Gasteiger partial charge in [-0.25, -0.2) is 0 Å². The van der Waals surface area contributed by atoms with Crippen LogP contribution in [0, 0.1) is 0 Å². The van der Waals surface area contributed by atoms with Gasteiger partial charge in [0.15, 0.2) is 10.4 Å².